The number of nitriles is 1. The van der Waals surface area contributed by atoms with E-state index in [1.165, 1.54) is 4.90 Å². The smallest absolute Gasteiger partial charge is 0.322 e. The molecule has 0 fully saturated rings. The van der Waals surface area contributed by atoms with Crippen molar-refractivity contribution >= 4 is 23.4 Å². The predicted molar refractivity (Wildman–Crippen MR) is 139 cm³/mol. The molecule has 0 aliphatic carbocycles. The number of aromatic nitrogens is 2. The molecule has 0 radical (unpaired) electrons. The second-order valence-corrected chi connectivity index (χ2v) is 9.36. The Labute approximate surface area is 211 Å². The van der Waals surface area contributed by atoms with Crippen LogP contribution in [0, 0.1) is 11.3 Å². The molecular weight excluding hydrogens is 456 g/mol. The highest BCUT2D eigenvalue weighted by Gasteiger charge is 2.23. The summed E-state index contributed by atoms with van der Waals surface area (Å²) in [7, 11) is 1.60. The molecule has 188 valence electrons. The minimum atomic E-state index is -0.393. The van der Waals surface area contributed by atoms with Crippen LogP contribution in [0.15, 0.2) is 54.6 Å². The molecule has 9 heteroatoms. The van der Waals surface area contributed by atoms with Gasteiger partial charge in [-0.2, -0.15) is 10.4 Å². The summed E-state index contributed by atoms with van der Waals surface area (Å²) in [5, 5.41) is 19.4. The Hall–Kier alpha value is -4.32. The molecule has 0 spiro atoms. The molecule has 0 saturated carbocycles. The summed E-state index contributed by atoms with van der Waals surface area (Å²) in [6, 6.07) is 17.4. The Bertz CT molecular complexity index is 1230. The zero-order valence-corrected chi connectivity index (χ0v) is 21.3. The quantitative estimate of drug-likeness (QED) is 0.467. The summed E-state index contributed by atoms with van der Waals surface area (Å²) in [6.45, 7) is 8.37. The van der Waals surface area contributed by atoms with Crippen LogP contribution < -0.4 is 15.4 Å². The maximum atomic E-state index is 13.1. The first-order chi connectivity index (χ1) is 17.1. The highest BCUT2D eigenvalue weighted by molar-refractivity contribution is 5.96. The fourth-order valence-electron chi connectivity index (χ4n) is 3.47. The number of nitrogens with one attached hydrogen (secondary N) is 2. The maximum absolute atomic E-state index is 13.1. The van der Waals surface area contributed by atoms with Crippen molar-refractivity contribution in [2.45, 2.75) is 39.5 Å². The van der Waals surface area contributed by atoms with Gasteiger partial charge in [0.15, 0.2) is 0 Å². The minimum Gasteiger partial charge on any atom is -0.497 e. The second kappa shape index (κ2) is 11.4. The topological polar surface area (TPSA) is 112 Å². The van der Waals surface area contributed by atoms with E-state index < -0.39 is 6.03 Å². The van der Waals surface area contributed by atoms with Gasteiger partial charge in [0.05, 0.1) is 30.1 Å². The van der Waals surface area contributed by atoms with Crippen molar-refractivity contribution in [3.8, 4) is 17.5 Å². The highest BCUT2D eigenvalue weighted by atomic mass is 16.5. The summed E-state index contributed by atoms with van der Waals surface area (Å²) < 4.78 is 6.92. The lowest BCUT2D eigenvalue weighted by molar-refractivity contribution is -0.116. The van der Waals surface area contributed by atoms with Crippen molar-refractivity contribution in [2.75, 3.05) is 30.8 Å². The third-order valence-corrected chi connectivity index (χ3v) is 5.44. The number of ether oxygens (including phenoxy) is 1. The number of rotatable bonds is 8. The van der Waals surface area contributed by atoms with Crippen molar-refractivity contribution in [2.24, 2.45) is 0 Å². The van der Waals surface area contributed by atoms with Crippen LogP contribution in [0.1, 0.15) is 45.4 Å². The summed E-state index contributed by atoms with van der Waals surface area (Å²) in [6.07, 6.45) is 0.687. The lowest BCUT2D eigenvalue weighted by Crippen LogP contribution is -2.41. The van der Waals surface area contributed by atoms with E-state index in [-0.39, 0.29) is 17.9 Å². The second-order valence-electron chi connectivity index (χ2n) is 9.36. The van der Waals surface area contributed by atoms with Gasteiger partial charge in [0, 0.05) is 23.7 Å². The number of carbonyl (C=O) groups excluding carboxylic acids is 2. The highest BCUT2D eigenvalue weighted by Crippen LogP contribution is 2.27. The Morgan fingerprint density at radius 2 is 1.75 bits per heavy atom. The van der Waals surface area contributed by atoms with Gasteiger partial charge < -0.3 is 20.3 Å². The Morgan fingerprint density at radius 3 is 2.31 bits per heavy atom. The summed E-state index contributed by atoms with van der Waals surface area (Å²) in [4.78, 5) is 27.4. The van der Waals surface area contributed by atoms with E-state index >= 15 is 0 Å². The van der Waals surface area contributed by atoms with Crippen LogP contribution >= 0.6 is 0 Å². The molecule has 0 bridgehead atoms. The normalized spacial score (nSPS) is 10.9. The zero-order valence-electron chi connectivity index (χ0n) is 21.3. The largest absolute Gasteiger partial charge is 0.497 e. The first-order valence-corrected chi connectivity index (χ1v) is 11.8. The van der Waals surface area contributed by atoms with Gasteiger partial charge in [-0.25, -0.2) is 9.48 Å². The Kier molecular flexibility index (Phi) is 8.33. The maximum Gasteiger partial charge on any atom is 0.322 e. The van der Waals surface area contributed by atoms with E-state index in [2.05, 4.69) is 31.4 Å². The number of methoxy groups -OCH3 is 1. The van der Waals surface area contributed by atoms with Crippen LogP contribution in [0.3, 0.4) is 0 Å². The Balaban J connectivity index is 1.78. The number of amides is 3. The van der Waals surface area contributed by atoms with Crippen LogP contribution in [0.2, 0.25) is 0 Å². The fourth-order valence-corrected chi connectivity index (χ4v) is 3.47. The number of urea groups is 1. The van der Waals surface area contributed by atoms with E-state index in [0.29, 0.717) is 30.0 Å². The van der Waals surface area contributed by atoms with Gasteiger partial charge in [0.1, 0.15) is 18.1 Å². The van der Waals surface area contributed by atoms with Crippen LogP contribution in [-0.2, 0) is 10.2 Å². The third-order valence-electron chi connectivity index (χ3n) is 5.44. The van der Waals surface area contributed by atoms with Crippen molar-refractivity contribution < 1.29 is 14.3 Å². The molecule has 0 saturated heterocycles. The molecule has 0 atom stereocenters. The van der Waals surface area contributed by atoms with Gasteiger partial charge >= 0.3 is 6.03 Å². The van der Waals surface area contributed by atoms with Crippen molar-refractivity contribution in [3.05, 3.63) is 65.9 Å². The molecule has 1 heterocycles. The van der Waals surface area contributed by atoms with Crippen LogP contribution in [0.25, 0.3) is 5.69 Å². The Morgan fingerprint density at radius 1 is 1.08 bits per heavy atom. The number of hydrogen-bond donors (Lipinski definition) is 2. The summed E-state index contributed by atoms with van der Waals surface area (Å²) in [5.74, 6) is 0.892. The van der Waals surface area contributed by atoms with Gasteiger partial charge in [0.25, 0.3) is 0 Å². The van der Waals surface area contributed by atoms with Crippen LogP contribution in [0.5, 0.6) is 5.75 Å². The molecular formula is C27H32N6O3. The van der Waals surface area contributed by atoms with E-state index in [4.69, 9.17) is 15.1 Å². The van der Waals surface area contributed by atoms with Gasteiger partial charge in [-0.05, 0) is 55.0 Å². The molecule has 0 aliphatic rings. The average Bonchev–Trinajstić information content (AvgIpc) is 3.28. The van der Waals surface area contributed by atoms with Crippen LogP contribution in [-0.4, -0.2) is 46.8 Å². The first kappa shape index (κ1) is 26.3. The number of benzene rings is 2. The van der Waals surface area contributed by atoms with Crippen LogP contribution in [0.4, 0.5) is 16.3 Å². The van der Waals surface area contributed by atoms with Gasteiger partial charge in [-0.3, -0.25) is 4.79 Å². The van der Waals surface area contributed by atoms with Crippen molar-refractivity contribution in [1.29, 1.82) is 5.26 Å². The van der Waals surface area contributed by atoms with E-state index in [1.807, 2.05) is 43.3 Å². The number of hydrogen-bond acceptors (Lipinski definition) is 5. The summed E-state index contributed by atoms with van der Waals surface area (Å²) >= 11 is 0. The van der Waals surface area contributed by atoms with E-state index in [1.54, 1.807) is 36.1 Å². The molecule has 1 aromatic heterocycles. The molecule has 0 unspecified atom stereocenters. The molecule has 3 amide bonds. The SMILES string of the molecule is CCCN(CC(=O)Nc1cc(C(C)(C)C)nn1-c1ccc(OC)cc1)C(=O)Nc1ccc(C#N)cc1. The summed E-state index contributed by atoms with van der Waals surface area (Å²) in [5.41, 5.74) is 2.41. The molecule has 0 aliphatic heterocycles. The van der Waals surface area contributed by atoms with Gasteiger partial charge in [-0.15, -0.1) is 0 Å². The third kappa shape index (κ3) is 6.63. The monoisotopic (exact) mass is 488 g/mol. The molecule has 9 nitrogen and oxygen atoms in total. The standard InChI is InChI=1S/C27H32N6O3/c1-6-15-32(26(35)29-20-9-7-19(17-28)8-10-20)18-25(34)30-24-16-23(27(2,3)4)31-33(24)21-11-13-22(36-5)14-12-21/h7-14,16H,6,15,18H2,1-5H3,(H,29,35)(H,30,34). The number of nitrogens with zero attached hydrogens (tertiary/aromatic N) is 4. The van der Waals surface area contributed by atoms with Crippen molar-refractivity contribution in [3.63, 3.8) is 0 Å². The van der Waals surface area contributed by atoms with E-state index in [0.717, 1.165) is 17.1 Å². The minimum absolute atomic E-state index is 0.130. The molecule has 2 aromatic carbocycles. The zero-order chi connectivity index (χ0) is 26.3. The number of anilines is 2. The van der Waals surface area contributed by atoms with Gasteiger partial charge in [0.2, 0.25) is 5.91 Å². The average molecular weight is 489 g/mol. The lowest BCUT2D eigenvalue weighted by Gasteiger charge is -2.22. The number of carbonyl (C=O) groups is 2. The molecule has 2 N–H and O–H groups in total. The predicted octanol–water partition coefficient (Wildman–Crippen LogP) is 4.93. The lowest BCUT2D eigenvalue weighted by atomic mass is 9.92. The molecule has 36 heavy (non-hydrogen) atoms. The van der Waals surface area contributed by atoms with Crippen molar-refractivity contribution in [1.82, 2.24) is 14.7 Å². The first-order valence-electron chi connectivity index (χ1n) is 11.8. The molecule has 3 rings (SSSR count). The van der Waals surface area contributed by atoms with Gasteiger partial charge in [-0.1, -0.05) is 27.7 Å². The van der Waals surface area contributed by atoms with E-state index in [9.17, 15) is 9.59 Å². The fraction of sp³-hybridized carbons (Fsp3) is 0.333. The molecule has 3 aromatic rings.